The fourth-order valence-corrected chi connectivity index (χ4v) is 9.86. The summed E-state index contributed by atoms with van der Waals surface area (Å²) < 4.78 is 13.1. The predicted molar refractivity (Wildman–Crippen MR) is 91.8 cm³/mol. The van der Waals surface area contributed by atoms with Crippen molar-refractivity contribution in [3.05, 3.63) is 0 Å². The first kappa shape index (κ1) is 17.5. The van der Waals surface area contributed by atoms with Crippen molar-refractivity contribution in [2.75, 3.05) is 13.2 Å². The first-order valence-corrected chi connectivity index (χ1v) is 11.2. The third-order valence-corrected chi connectivity index (χ3v) is 10.7. The Balaban J connectivity index is 2.20. The Morgan fingerprint density at radius 1 is 0.905 bits per heavy atom. The molecule has 2 nitrogen and oxygen atoms in total. The van der Waals surface area contributed by atoms with Crippen molar-refractivity contribution in [3.8, 4) is 0 Å². The van der Waals surface area contributed by atoms with E-state index < -0.39 is 8.56 Å². The average Bonchev–Trinajstić information content (AvgIpc) is 2.80. The molecule has 0 aromatic rings. The molecular weight excluding hydrogens is 276 g/mol. The summed E-state index contributed by atoms with van der Waals surface area (Å²) in [5, 5.41) is 0. The van der Waals surface area contributed by atoms with Crippen LogP contribution in [0.3, 0.4) is 0 Å². The fraction of sp³-hybridized carbons (Fsp3) is 1.00. The summed E-state index contributed by atoms with van der Waals surface area (Å²) in [4.78, 5) is 0. The molecule has 0 bridgehead atoms. The van der Waals surface area contributed by atoms with E-state index in [1.807, 2.05) is 0 Å². The van der Waals surface area contributed by atoms with Gasteiger partial charge in [-0.1, -0.05) is 33.6 Å². The minimum Gasteiger partial charge on any atom is -0.394 e. The van der Waals surface area contributed by atoms with Crippen LogP contribution in [-0.4, -0.2) is 21.8 Å². The van der Waals surface area contributed by atoms with Gasteiger partial charge in [-0.2, -0.15) is 0 Å². The van der Waals surface area contributed by atoms with E-state index in [2.05, 4.69) is 34.6 Å². The molecule has 2 fully saturated rings. The topological polar surface area (TPSA) is 18.5 Å². The molecule has 0 aromatic carbocycles. The van der Waals surface area contributed by atoms with Crippen molar-refractivity contribution in [2.45, 2.75) is 90.6 Å². The van der Waals surface area contributed by atoms with Crippen LogP contribution in [0.15, 0.2) is 0 Å². The van der Waals surface area contributed by atoms with Crippen LogP contribution in [-0.2, 0) is 8.85 Å². The monoisotopic (exact) mass is 312 g/mol. The Hall–Kier alpha value is 0.137. The summed E-state index contributed by atoms with van der Waals surface area (Å²) in [6.45, 7) is 13.2. The van der Waals surface area contributed by atoms with Gasteiger partial charge in [0.25, 0.3) is 0 Å². The van der Waals surface area contributed by atoms with E-state index in [1.165, 1.54) is 44.9 Å². The summed E-state index contributed by atoms with van der Waals surface area (Å²) >= 11 is 0. The van der Waals surface area contributed by atoms with Crippen LogP contribution in [0.5, 0.6) is 0 Å². The third-order valence-electron chi connectivity index (χ3n) is 5.86. The molecule has 0 aliphatic heterocycles. The van der Waals surface area contributed by atoms with Crippen molar-refractivity contribution in [2.24, 2.45) is 11.3 Å². The van der Waals surface area contributed by atoms with Gasteiger partial charge in [-0.05, 0) is 57.3 Å². The lowest BCUT2D eigenvalue weighted by Gasteiger charge is -2.44. The quantitative estimate of drug-likeness (QED) is 0.589. The Labute approximate surface area is 133 Å². The molecule has 124 valence electrons. The summed E-state index contributed by atoms with van der Waals surface area (Å²) in [6, 6.07) is 0. The third kappa shape index (κ3) is 3.91. The highest BCUT2D eigenvalue weighted by molar-refractivity contribution is 6.70. The normalized spacial score (nSPS) is 33.3. The van der Waals surface area contributed by atoms with Gasteiger partial charge in [0.15, 0.2) is 0 Å². The highest BCUT2D eigenvalue weighted by Gasteiger charge is 2.55. The Kier molecular flexibility index (Phi) is 5.95. The molecule has 2 aliphatic rings. The summed E-state index contributed by atoms with van der Waals surface area (Å²) in [5.41, 5.74) is 1.93. The van der Waals surface area contributed by atoms with Gasteiger partial charge in [0.1, 0.15) is 0 Å². The molecule has 3 heteroatoms. The van der Waals surface area contributed by atoms with E-state index in [4.69, 9.17) is 8.85 Å². The van der Waals surface area contributed by atoms with Crippen LogP contribution in [0.4, 0.5) is 0 Å². The SMILES string of the molecule is CCO[Si](OCC)(C1CCC(C)CC1)C1CCC(C)(C)C1. The second kappa shape index (κ2) is 7.14. The van der Waals surface area contributed by atoms with E-state index >= 15 is 0 Å². The molecule has 0 heterocycles. The molecule has 21 heavy (non-hydrogen) atoms. The first-order chi connectivity index (χ1) is 9.93. The standard InChI is InChI=1S/C18H36O2Si/c1-6-19-21(20-7-2,16-10-8-15(3)9-11-16)17-12-13-18(4,5)14-17/h15-17H,6-14H2,1-5H3. The van der Waals surface area contributed by atoms with Crippen LogP contribution in [0.25, 0.3) is 0 Å². The summed E-state index contributed by atoms with van der Waals surface area (Å²) in [6.07, 6.45) is 9.40. The Morgan fingerprint density at radius 3 is 1.90 bits per heavy atom. The first-order valence-electron chi connectivity index (χ1n) is 9.21. The molecule has 1 atom stereocenters. The Bertz CT molecular complexity index is 315. The van der Waals surface area contributed by atoms with Crippen LogP contribution < -0.4 is 0 Å². The van der Waals surface area contributed by atoms with Gasteiger partial charge >= 0.3 is 8.56 Å². The summed E-state index contributed by atoms with van der Waals surface area (Å²) in [7, 11) is -2.08. The van der Waals surface area contributed by atoms with Gasteiger partial charge in [0, 0.05) is 24.3 Å². The molecule has 2 saturated carbocycles. The Morgan fingerprint density at radius 2 is 1.48 bits per heavy atom. The van der Waals surface area contributed by atoms with Crippen molar-refractivity contribution >= 4 is 8.56 Å². The largest absolute Gasteiger partial charge is 0.394 e. The summed E-state index contributed by atoms with van der Waals surface area (Å²) in [5.74, 6) is 0.899. The lowest BCUT2D eigenvalue weighted by atomic mass is 9.90. The van der Waals surface area contributed by atoms with E-state index in [0.717, 1.165) is 24.7 Å². The smallest absolute Gasteiger partial charge is 0.344 e. The van der Waals surface area contributed by atoms with Crippen molar-refractivity contribution in [3.63, 3.8) is 0 Å². The molecular formula is C18H36O2Si. The molecule has 0 saturated heterocycles. The molecule has 1 unspecified atom stereocenters. The van der Waals surface area contributed by atoms with Crippen molar-refractivity contribution < 1.29 is 8.85 Å². The number of hydrogen-bond donors (Lipinski definition) is 0. The van der Waals surface area contributed by atoms with Gasteiger partial charge in [-0.25, -0.2) is 0 Å². The van der Waals surface area contributed by atoms with Crippen LogP contribution in [0.2, 0.25) is 11.1 Å². The number of rotatable bonds is 6. The zero-order valence-electron chi connectivity index (χ0n) is 14.9. The van der Waals surface area contributed by atoms with E-state index in [-0.39, 0.29) is 0 Å². The maximum atomic E-state index is 6.54. The van der Waals surface area contributed by atoms with Gasteiger partial charge in [-0.3, -0.25) is 0 Å². The predicted octanol–water partition coefficient (Wildman–Crippen LogP) is 5.66. The van der Waals surface area contributed by atoms with Gasteiger partial charge in [0.2, 0.25) is 0 Å². The molecule has 0 aromatic heterocycles. The molecule has 0 N–H and O–H groups in total. The van der Waals surface area contributed by atoms with Gasteiger partial charge in [-0.15, -0.1) is 0 Å². The maximum Gasteiger partial charge on any atom is 0.344 e. The van der Waals surface area contributed by atoms with E-state index in [1.54, 1.807) is 0 Å². The van der Waals surface area contributed by atoms with E-state index in [0.29, 0.717) is 11.0 Å². The molecule has 2 rings (SSSR count). The molecule has 0 spiro atoms. The second-order valence-electron chi connectivity index (χ2n) is 8.15. The van der Waals surface area contributed by atoms with Crippen LogP contribution in [0, 0.1) is 11.3 Å². The maximum absolute atomic E-state index is 6.54. The minimum absolute atomic E-state index is 0.485. The molecule has 0 amide bonds. The van der Waals surface area contributed by atoms with Crippen LogP contribution >= 0.6 is 0 Å². The van der Waals surface area contributed by atoms with Gasteiger partial charge in [0.05, 0.1) is 0 Å². The lowest BCUT2D eigenvalue weighted by Crippen LogP contribution is -2.51. The molecule has 2 aliphatic carbocycles. The lowest BCUT2D eigenvalue weighted by molar-refractivity contribution is 0.148. The highest BCUT2D eigenvalue weighted by atomic mass is 28.4. The zero-order chi connectivity index (χ0) is 15.5. The minimum atomic E-state index is -2.08. The van der Waals surface area contributed by atoms with Crippen molar-refractivity contribution in [1.82, 2.24) is 0 Å². The molecule has 0 radical (unpaired) electrons. The average molecular weight is 313 g/mol. The van der Waals surface area contributed by atoms with Gasteiger partial charge < -0.3 is 8.85 Å². The van der Waals surface area contributed by atoms with E-state index in [9.17, 15) is 0 Å². The van der Waals surface area contributed by atoms with Crippen molar-refractivity contribution in [1.29, 1.82) is 0 Å². The van der Waals surface area contributed by atoms with Crippen LogP contribution in [0.1, 0.15) is 79.6 Å². The second-order valence-corrected chi connectivity index (χ2v) is 11.8. The highest BCUT2D eigenvalue weighted by Crippen LogP contribution is 2.55. The number of hydrogen-bond acceptors (Lipinski definition) is 2. The fourth-order valence-electron chi connectivity index (χ4n) is 4.74. The zero-order valence-corrected chi connectivity index (χ0v) is 15.9.